The molecule has 0 bridgehead atoms. The van der Waals surface area contributed by atoms with Crippen molar-refractivity contribution in [3.63, 3.8) is 0 Å². The van der Waals surface area contributed by atoms with Crippen LogP contribution in [0.25, 0.3) is 0 Å². The first-order valence-electron chi connectivity index (χ1n) is 8.80. The molecule has 1 amide bonds. The number of guanidine groups is 1. The number of amides is 1. The Hall–Kier alpha value is -2.57. The van der Waals surface area contributed by atoms with Gasteiger partial charge in [0.05, 0.1) is 0 Å². The maximum Gasteiger partial charge on any atom is 0.328 e. The molecular formula is C19H30N4O3. The van der Waals surface area contributed by atoms with Crippen molar-refractivity contribution in [2.24, 2.45) is 4.99 Å². The van der Waals surface area contributed by atoms with Crippen LogP contribution < -0.4 is 16.0 Å². The molecule has 0 aliphatic carbocycles. The molecule has 0 saturated carbocycles. The van der Waals surface area contributed by atoms with Crippen LogP contribution in [0, 0.1) is 0 Å². The lowest BCUT2D eigenvalue weighted by molar-refractivity contribution is -0.152. The number of hydrogen-bond donors (Lipinski definition) is 3. The van der Waals surface area contributed by atoms with Crippen LogP contribution in [0.4, 0.5) is 0 Å². The Morgan fingerprint density at radius 3 is 2.54 bits per heavy atom. The molecule has 0 aliphatic heterocycles. The molecule has 0 aliphatic rings. The van der Waals surface area contributed by atoms with Crippen LogP contribution in [0.5, 0.6) is 0 Å². The van der Waals surface area contributed by atoms with E-state index in [9.17, 15) is 9.59 Å². The second-order valence-electron chi connectivity index (χ2n) is 6.74. The van der Waals surface area contributed by atoms with Gasteiger partial charge in [0.1, 0.15) is 12.1 Å². The smallest absolute Gasteiger partial charge is 0.328 e. The normalized spacial score (nSPS) is 11.7. The molecule has 1 rings (SSSR count). The van der Waals surface area contributed by atoms with Crippen molar-refractivity contribution in [2.75, 3.05) is 26.7 Å². The van der Waals surface area contributed by atoms with Crippen LogP contribution in [0.1, 0.15) is 43.6 Å². The zero-order valence-electron chi connectivity index (χ0n) is 16.3. The number of nitrogens with one attached hydrogen (secondary N) is 3. The van der Waals surface area contributed by atoms with Crippen LogP contribution in [-0.4, -0.2) is 50.1 Å². The third-order valence-electron chi connectivity index (χ3n) is 3.25. The summed E-state index contributed by atoms with van der Waals surface area (Å²) in [6.07, 6.45) is 0.724. The van der Waals surface area contributed by atoms with E-state index in [-0.39, 0.29) is 18.4 Å². The first kappa shape index (κ1) is 21.5. The molecule has 0 aromatic heterocycles. The van der Waals surface area contributed by atoms with Crippen molar-refractivity contribution >= 4 is 17.8 Å². The van der Waals surface area contributed by atoms with Crippen LogP contribution in [0.3, 0.4) is 0 Å². The minimum atomic E-state index is -0.520. The van der Waals surface area contributed by atoms with E-state index in [0.29, 0.717) is 24.6 Å². The Kier molecular flexibility index (Phi) is 8.61. The van der Waals surface area contributed by atoms with Gasteiger partial charge < -0.3 is 20.7 Å². The van der Waals surface area contributed by atoms with Crippen LogP contribution >= 0.6 is 0 Å². The fourth-order valence-electron chi connectivity index (χ4n) is 2.20. The highest BCUT2D eigenvalue weighted by molar-refractivity contribution is 5.94. The van der Waals surface area contributed by atoms with E-state index in [1.807, 2.05) is 45.9 Å². The van der Waals surface area contributed by atoms with Crippen LogP contribution in [0.2, 0.25) is 0 Å². The summed E-state index contributed by atoms with van der Waals surface area (Å²) in [5.74, 6) is 0.0841. The molecule has 26 heavy (non-hydrogen) atoms. The minimum Gasteiger partial charge on any atom is -0.459 e. The van der Waals surface area contributed by atoms with E-state index < -0.39 is 5.60 Å². The van der Waals surface area contributed by atoms with Gasteiger partial charge >= 0.3 is 5.97 Å². The maximum atomic E-state index is 11.8. The van der Waals surface area contributed by atoms with Crippen molar-refractivity contribution in [3.8, 4) is 0 Å². The summed E-state index contributed by atoms with van der Waals surface area (Å²) < 4.78 is 5.25. The first-order valence-corrected chi connectivity index (χ1v) is 8.80. The van der Waals surface area contributed by atoms with Gasteiger partial charge in [0.2, 0.25) is 0 Å². The summed E-state index contributed by atoms with van der Waals surface area (Å²) in [6.45, 7) is 8.70. The quantitative estimate of drug-likeness (QED) is 0.388. The Balaban J connectivity index is 2.57. The zero-order valence-corrected chi connectivity index (χ0v) is 16.3. The number of esters is 1. The molecule has 1 aromatic rings. The molecule has 0 fully saturated rings. The summed E-state index contributed by atoms with van der Waals surface area (Å²) in [7, 11) is 1.61. The van der Waals surface area contributed by atoms with E-state index in [0.717, 1.165) is 12.0 Å². The van der Waals surface area contributed by atoms with E-state index >= 15 is 0 Å². The highest BCUT2D eigenvalue weighted by atomic mass is 16.6. The average Bonchev–Trinajstić information content (AvgIpc) is 2.57. The third-order valence-corrected chi connectivity index (χ3v) is 3.25. The average molecular weight is 362 g/mol. The van der Waals surface area contributed by atoms with Crippen molar-refractivity contribution < 1.29 is 14.3 Å². The Morgan fingerprint density at radius 2 is 1.92 bits per heavy atom. The number of hydrogen-bond acceptors (Lipinski definition) is 4. The largest absolute Gasteiger partial charge is 0.459 e. The molecule has 0 heterocycles. The molecule has 0 saturated heterocycles. The van der Waals surface area contributed by atoms with Gasteiger partial charge in [0.25, 0.3) is 5.91 Å². The van der Waals surface area contributed by atoms with Crippen molar-refractivity contribution in [2.45, 2.75) is 39.7 Å². The molecule has 7 heteroatoms. The number of ether oxygens (including phenoxy) is 1. The first-order chi connectivity index (χ1) is 12.2. The third kappa shape index (κ3) is 8.50. The molecule has 0 spiro atoms. The number of aliphatic imine (C=N–C) groups is 1. The summed E-state index contributed by atoms with van der Waals surface area (Å²) in [4.78, 5) is 27.7. The predicted molar refractivity (Wildman–Crippen MR) is 103 cm³/mol. The van der Waals surface area contributed by atoms with E-state index in [1.165, 1.54) is 0 Å². The fraction of sp³-hybridized carbons (Fsp3) is 0.526. The van der Waals surface area contributed by atoms with Crippen molar-refractivity contribution in [1.82, 2.24) is 16.0 Å². The monoisotopic (exact) mass is 362 g/mol. The van der Waals surface area contributed by atoms with Crippen LogP contribution in [-0.2, 0) is 16.0 Å². The highest BCUT2D eigenvalue weighted by Gasteiger charge is 2.15. The SMILES string of the molecule is CCNC(=NCC(=O)OC(C)(C)C)NCCc1cccc(C(=O)NC)c1. The van der Waals surface area contributed by atoms with E-state index in [1.54, 1.807) is 13.1 Å². The number of benzene rings is 1. The van der Waals surface area contributed by atoms with Gasteiger partial charge in [-0.3, -0.25) is 9.59 Å². The number of carbonyl (C=O) groups is 2. The standard InChI is InChI=1S/C19H30N4O3/c1-6-21-18(23-13-16(24)26-19(2,3)4)22-11-10-14-8-7-9-15(12-14)17(25)20-5/h7-9,12H,6,10-11,13H2,1-5H3,(H,20,25)(H2,21,22,23). The molecule has 1 aromatic carbocycles. The van der Waals surface area contributed by atoms with Gasteiger partial charge in [0.15, 0.2) is 5.96 Å². The molecular weight excluding hydrogens is 332 g/mol. The molecule has 0 atom stereocenters. The van der Waals surface area contributed by atoms with Gasteiger partial charge in [-0.15, -0.1) is 0 Å². The van der Waals surface area contributed by atoms with Crippen molar-refractivity contribution in [3.05, 3.63) is 35.4 Å². The summed E-state index contributed by atoms with van der Waals surface area (Å²) >= 11 is 0. The van der Waals surface area contributed by atoms with Gasteiger partial charge in [-0.25, -0.2) is 4.99 Å². The Bertz CT molecular complexity index is 636. The minimum absolute atomic E-state index is 0.0429. The van der Waals surface area contributed by atoms with Gasteiger partial charge in [-0.2, -0.15) is 0 Å². The molecule has 144 valence electrons. The van der Waals surface area contributed by atoms with Gasteiger partial charge in [-0.05, 0) is 51.8 Å². The predicted octanol–water partition coefficient (Wildman–Crippen LogP) is 1.49. The fourth-order valence-corrected chi connectivity index (χ4v) is 2.20. The topological polar surface area (TPSA) is 91.8 Å². The number of rotatable bonds is 7. The second kappa shape index (κ2) is 10.4. The maximum absolute atomic E-state index is 11.8. The second-order valence-corrected chi connectivity index (χ2v) is 6.74. The molecule has 0 unspecified atom stereocenters. The van der Waals surface area contributed by atoms with Crippen molar-refractivity contribution in [1.29, 1.82) is 0 Å². The van der Waals surface area contributed by atoms with Crippen LogP contribution in [0.15, 0.2) is 29.3 Å². The Morgan fingerprint density at radius 1 is 1.19 bits per heavy atom. The summed E-state index contributed by atoms with van der Waals surface area (Å²) in [6, 6.07) is 7.48. The lowest BCUT2D eigenvalue weighted by Gasteiger charge is -2.19. The lowest BCUT2D eigenvalue weighted by atomic mass is 10.1. The van der Waals surface area contributed by atoms with E-state index in [4.69, 9.17) is 4.74 Å². The number of nitrogens with zero attached hydrogens (tertiary/aromatic N) is 1. The summed E-state index contributed by atoms with van der Waals surface area (Å²) in [5.41, 5.74) is 1.16. The number of carbonyl (C=O) groups excluding carboxylic acids is 2. The molecule has 3 N–H and O–H groups in total. The van der Waals surface area contributed by atoms with Gasteiger partial charge in [0, 0.05) is 25.7 Å². The van der Waals surface area contributed by atoms with Gasteiger partial charge in [-0.1, -0.05) is 12.1 Å². The highest BCUT2D eigenvalue weighted by Crippen LogP contribution is 2.07. The lowest BCUT2D eigenvalue weighted by Crippen LogP contribution is -2.39. The van der Waals surface area contributed by atoms with E-state index in [2.05, 4.69) is 20.9 Å². The molecule has 0 radical (unpaired) electrons. The Labute approximate surface area is 155 Å². The zero-order chi connectivity index (χ0) is 19.6. The summed E-state index contributed by atoms with van der Waals surface area (Å²) in [5, 5.41) is 8.89. The molecule has 7 nitrogen and oxygen atoms in total.